The summed E-state index contributed by atoms with van der Waals surface area (Å²) >= 11 is 3.32. The van der Waals surface area contributed by atoms with Gasteiger partial charge in [-0.2, -0.15) is 0 Å². The van der Waals surface area contributed by atoms with Crippen molar-refractivity contribution >= 4 is 33.0 Å². The molecule has 2 aromatic rings. The summed E-state index contributed by atoms with van der Waals surface area (Å²) in [7, 11) is 0. The maximum Gasteiger partial charge on any atom is 0.108 e. The first-order chi connectivity index (χ1) is 8.56. The lowest BCUT2D eigenvalue weighted by molar-refractivity contribution is 0.818. The summed E-state index contributed by atoms with van der Waals surface area (Å²) in [6, 6.07) is 9.84. The zero-order chi connectivity index (χ0) is 13.1. The van der Waals surface area contributed by atoms with Gasteiger partial charge in [0.1, 0.15) is 4.60 Å². The fourth-order valence-corrected chi connectivity index (χ4v) is 1.91. The lowest BCUT2D eigenvalue weighted by Gasteiger charge is -2.11. The van der Waals surface area contributed by atoms with Crippen molar-refractivity contribution in [2.75, 3.05) is 11.1 Å². The van der Waals surface area contributed by atoms with E-state index < -0.39 is 0 Å². The highest BCUT2D eigenvalue weighted by Gasteiger charge is 2.03. The minimum Gasteiger partial charge on any atom is -0.396 e. The molecule has 0 fully saturated rings. The van der Waals surface area contributed by atoms with E-state index >= 15 is 0 Å². The highest BCUT2D eigenvalue weighted by Crippen LogP contribution is 2.25. The first-order valence-corrected chi connectivity index (χ1v) is 6.39. The molecule has 2 rings (SSSR count). The fraction of sp³-hybridized carbons (Fsp3) is 0.154. The monoisotopic (exact) mass is 306 g/mol. The number of anilines is 3. The van der Waals surface area contributed by atoms with Crippen LogP contribution in [0.1, 0.15) is 18.5 Å². The molecule has 94 valence electrons. The summed E-state index contributed by atoms with van der Waals surface area (Å²) in [5.41, 5.74) is 15.1. The lowest BCUT2D eigenvalue weighted by Crippen LogP contribution is -2.04. The topological polar surface area (TPSA) is 77.0 Å². The van der Waals surface area contributed by atoms with Crippen LogP contribution >= 0.6 is 15.9 Å². The summed E-state index contributed by atoms with van der Waals surface area (Å²) in [5, 5.41) is 3.24. The predicted molar refractivity (Wildman–Crippen MR) is 78.7 cm³/mol. The van der Waals surface area contributed by atoms with Crippen molar-refractivity contribution in [3.8, 4) is 0 Å². The van der Waals surface area contributed by atoms with Crippen LogP contribution in [0.4, 0.5) is 17.1 Å². The summed E-state index contributed by atoms with van der Waals surface area (Å²) in [5.74, 6) is 0. The van der Waals surface area contributed by atoms with Crippen LogP contribution in [0.5, 0.6) is 0 Å². The van der Waals surface area contributed by atoms with E-state index in [-0.39, 0.29) is 6.04 Å². The Morgan fingerprint density at radius 3 is 2.56 bits per heavy atom. The van der Waals surface area contributed by atoms with E-state index in [4.69, 9.17) is 11.5 Å². The normalized spacial score (nSPS) is 12.2. The Balaban J connectivity index is 2.21. The number of aromatic nitrogens is 1. The molecule has 18 heavy (non-hydrogen) atoms. The van der Waals surface area contributed by atoms with E-state index in [9.17, 15) is 0 Å². The summed E-state index contributed by atoms with van der Waals surface area (Å²) in [6.07, 6.45) is 1.61. The molecule has 0 saturated heterocycles. The summed E-state index contributed by atoms with van der Waals surface area (Å²) in [4.78, 5) is 4.05. The molecule has 1 unspecified atom stereocenters. The highest BCUT2D eigenvalue weighted by molar-refractivity contribution is 9.10. The van der Waals surface area contributed by atoms with Crippen molar-refractivity contribution in [3.63, 3.8) is 0 Å². The molecular formula is C13H15BrN4. The number of nitrogens with one attached hydrogen (secondary N) is 1. The lowest BCUT2D eigenvalue weighted by atomic mass is 10.1. The second-order valence-corrected chi connectivity index (χ2v) is 4.94. The van der Waals surface area contributed by atoms with Crippen molar-refractivity contribution in [2.45, 2.75) is 13.0 Å². The minimum absolute atomic E-state index is 0.0409. The zero-order valence-electron chi connectivity index (χ0n) is 10.0. The van der Waals surface area contributed by atoms with Gasteiger partial charge >= 0.3 is 0 Å². The summed E-state index contributed by atoms with van der Waals surface area (Å²) in [6.45, 7) is 1.96. The standard InChI is InChI=1S/C13H15BrN4/c1-8(15)9-2-4-10(5-3-9)18-12-6-13(14)17-7-11(12)16/h2-8H,15-16H2,1H3,(H,17,18). The van der Waals surface area contributed by atoms with Crippen LogP contribution in [0.25, 0.3) is 0 Å². The second kappa shape index (κ2) is 5.37. The Kier molecular flexibility index (Phi) is 3.84. The third-order valence-electron chi connectivity index (χ3n) is 2.62. The van der Waals surface area contributed by atoms with Crippen LogP contribution in [-0.2, 0) is 0 Å². The van der Waals surface area contributed by atoms with Crippen LogP contribution < -0.4 is 16.8 Å². The van der Waals surface area contributed by atoms with Gasteiger partial charge in [0, 0.05) is 11.7 Å². The Labute approximate surface area is 115 Å². The molecule has 4 nitrogen and oxygen atoms in total. The smallest absolute Gasteiger partial charge is 0.108 e. The first-order valence-electron chi connectivity index (χ1n) is 5.60. The van der Waals surface area contributed by atoms with Gasteiger partial charge in [-0.1, -0.05) is 12.1 Å². The average Bonchev–Trinajstić information content (AvgIpc) is 2.34. The Morgan fingerprint density at radius 1 is 1.28 bits per heavy atom. The van der Waals surface area contributed by atoms with E-state index in [1.54, 1.807) is 6.20 Å². The Bertz CT molecular complexity index is 537. The number of hydrogen-bond donors (Lipinski definition) is 3. The van der Waals surface area contributed by atoms with E-state index in [1.807, 2.05) is 37.3 Å². The molecule has 0 aliphatic heterocycles. The quantitative estimate of drug-likeness (QED) is 0.761. The fourth-order valence-electron chi connectivity index (χ4n) is 1.57. The molecule has 1 aromatic heterocycles. The molecular weight excluding hydrogens is 292 g/mol. The van der Waals surface area contributed by atoms with Crippen LogP contribution in [0, 0.1) is 0 Å². The maximum atomic E-state index is 5.85. The van der Waals surface area contributed by atoms with E-state index in [2.05, 4.69) is 26.2 Å². The summed E-state index contributed by atoms with van der Waals surface area (Å²) < 4.78 is 0.742. The Hall–Kier alpha value is -1.59. The highest BCUT2D eigenvalue weighted by atomic mass is 79.9. The van der Waals surface area contributed by atoms with Crippen molar-refractivity contribution in [3.05, 3.63) is 46.7 Å². The minimum atomic E-state index is 0.0409. The van der Waals surface area contributed by atoms with Crippen LogP contribution in [0.3, 0.4) is 0 Å². The van der Waals surface area contributed by atoms with Crippen molar-refractivity contribution in [2.24, 2.45) is 5.73 Å². The number of pyridine rings is 1. The Morgan fingerprint density at radius 2 is 1.94 bits per heavy atom. The van der Waals surface area contributed by atoms with Gasteiger partial charge in [-0.05, 0) is 46.6 Å². The molecule has 0 aliphatic rings. The van der Waals surface area contributed by atoms with Gasteiger partial charge in [0.25, 0.3) is 0 Å². The molecule has 0 saturated carbocycles. The molecule has 5 N–H and O–H groups in total. The van der Waals surface area contributed by atoms with Crippen LogP contribution in [0.15, 0.2) is 41.1 Å². The first kappa shape index (κ1) is 12.9. The van der Waals surface area contributed by atoms with Gasteiger partial charge in [-0.15, -0.1) is 0 Å². The van der Waals surface area contributed by atoms with Crippen molar-refractivity contribution in [1.82, 2.24) is 4.98 Å². The number of halogens is 1. The molecule has 0 bridgehead atoms. The third-order valence-corrected chi connectivity index (χ3v) is 3.05. The van der Waals surface area contributed by atoms with Crippen LogP contribution in [-0.4, -0.2) is 4.98 Å². The third kappa shape index (κ3) is 3.00. The number of hydrogen-bond acceptors (Lipinski definition) is 4. The van der Waals surface area contributed by atoms with E-state index in [0.29, 0.717) is 5.69 Å². The molecule has 0 aliphatic carbocycles. The van der Waals surface area contributed by atoms with E-state index in [1.165, 1.54) is 0 Å². The maximum absolute atomic E-state index is 5.85. The van der Waals surface area contributed by atoms with Gasteiger partial charge in [0.2, 0.25) is 0 Å². The average molecular weight is 307 g/mol. The number of rotatable bonds is 3. The molecule has 0 spiro atoms. The van der Waals surface area contributed by atoms with Gasteiger partial charge in [0.05, 0.1) is 17.6 Å². The second-order valence-electron chi connectivity index (χ2n) is 4.13. The van der Waals surface area contributed by atoms with Crippen molar-refractivity contribution in [1.29, 1.82) is 0 Å². The zero-order valence-corrected chi connectivity index (χ0v) is 11.6. The van der Waals surface area contributed by atoms with Gasteiger partial charge in [-0.25, -0.2) is 4.98 Å². The van der Waals surface area contributed by atoms with Gasteiger partial charge in [0.15, 0.2) is 0 Å². The molecule has 1 heterocycles. The number of nitrogens with two attached hydrogens (primary N) is 2. The molecule has 5 heteroatoms. The largest absolute Gasteiger partial charge is 0.396 e. The number of benzene rings is 1. The molecule has 0 radical (unpaired) electrons. The number of nitrogens with zero attached hydrogens (tertiary/aromatic N) is 1. The van der Waals surface area contributed by atoms with Gasteiger partial charge in [-0.3, -0.25) is 0 Å². The van der Waals surface area contributed by atoms with Crippen molar-refractivity contribution < 1.29 is 0 Å². The number of nitrogen functional groups attached to an aromatic ring is 1. The van der Waals surface area contributed by atoms with E-state index in [0.717, 1.165) is 21.5 Å². The van der Waals surface area contributed by atoms with Gasteiger partial charge < -0.3 is 16.8 Å². The predicted octanol–water partition coefficient (Wildman–Crippen LogP) is 3.19. The van der Waals surface area contributed by atoms with Crippen LogP contribution in [0.2, 0.25) is 0 Å². The molecule has 1 atom stereocenters. The molecule has 0 amide bonds. The molecule has 1 aromatic carbocycles. The SMILES string of the molecule is CC(N)c1ccc(Nc2cc(Br)ncc2N)cc1.